The lowest BCUT2D eigenvalue weighted by Crippen LogP contribution is -2.66. The Balaban J connectivity index is 1.62. The Morgan fingerprint density at radius 3 is 1.59 bits per heavy atom. The summed E-state index contributed by atoms with van der Waals surface area (Å²) in [5.74, 6) is 0. The van der Waals surface area contributed by atoms with E-state index in [0.29, 0.717) is 6.54 Å². The number of rotatable bonds is 20. The fourth-order valence-electron chi connectivity index (χ4n) is 5.32. The first kappa shape index (κ1) is 34.8. The van der Waals surface area contributed by atoms with Crippen molar-refractivity contribution in [1.82, 2.24) is 5.32 Å². The Labute approximate surface area is 233 Å². The summed E-state index contributed by atoms with van der Waals surface area (Å²) in [4.78, 5) is 0. The Morgan fingerprint density at radius 1 is 0.564 bits per heavy atom. The molecule has 2 aliphatic heterocycles. The molecule has 0 aliphatic carbocycles. The summed E-state index contributed by atoms with van der Waals surface area (Å²) in [5.41, 5.74) is 0. The molecule has 2 saturated heterocycles. The molecule has 0 spiro atoms. The zero-order chi connectivity index (χ0) is 28.6. The number of nitrogens with one attached hydrogen (secondary N) is 1. The predicted molar refractivity (Wildman–Crippen MR) is 145 cm³/mol. The van der Waals surface area contributed by atoms with Gasteiger partial charge in [-0.1, -0.05) is 90.4 Å². The third kappa shape index (κ3) is 11.4. The van der Waals surface area contributed by atoms with Crippen molar-refractivity contribution in [2.24, 2.45) is 0 Å². The maximum absolute atomic E-state index is 10.7. The van der Waals surface area contributed by atoms with Gasteiger partial charge in [-0.2, -0.15) is 0 Å². The van der Waals surface area contributed by atoms with Gasteiger partial charge in [-0.15, -0.1) is 0 Å². The van der Waals surface area contributed by atoms with E-state index in [0.717, 1.165) is 19.3 Å². The third-order valence-corrected chi connectivity index (χ3v) is 7.88. The first-order chi connectivity index (χ1) is 18.8. The van der Waals surface area contributed by atoms with Gasteiger partial charge in [-0.25, -0.2) is 0 Å². The first-order valence-electron chi connectivity index (χ1n) is 15.2. The van der Waals surface area contributed by atoms with Crippen LogP contribution in [0, 0.1) is 0 Å². The van der Waals surface area contributed by atoms with E-state index >= 15 is 0 Å². The Hall–Kier alpha value is -0.440. The fraction of sp³-hybridized carbons (Fsp3) is 1.00. The van der Waals surface area contributed by atoms with Crippen molar-refractivity contribution in [1.29, 1.82) is 0 Å². The number of ether oxygens (including phenoxy) is 3. The van der Waals surface area contributed by atoms with Crippen LogP contribution in [0.5, 0.6) is 0 Å². The largest absolute Gasteiger partial charge is 0.394 e. The molecule has 2 heterocycles. The number of aliphatic hydroxyl groups excluding tert-OH is 7. The summed E-state index contributed by atoms with van der Waals surface area (Å²) < 4.78 is 16.6. The molecule has 232 valence electrons. The number of hydrogen-bond acceptors (Lipinski definition) is 11. The molecule has 1 unspecified atom stereocenters. The summed E-state index contributed by atoms with van der Waals surface area (Å²) in [6.45, 7) is 1.65. The molecule has 11 heteroatoms. The van der Waals surface area contributed by atoms with E-state index < -0.39 is 74.6 Å². The highest BCUT2D eigenvalue weighted by Gasteiger charge is 2.50. The van der Waals surface area contributed by atoms with Gasteiger partial charge in [0.15, 0.2) is 6.29 Å². The van der Waals surface area contributed by atoms with Crippen LogP contribution in [-0.4, -0.2) is 117 Å². The lowest BCUT2D eigenvalue weighted by atomic mass is 9.96. The van der Waals surface area contributed by atoms with Gasteiger partial charge in [0.1, 0.15) is 55.1 Å². The van der Waals surface area contributed by atoms with Crippen molar-refractivity contribution < 1.29 is 50.0 Å². The molecule has 11 nitrogen and oxygen atoms in total. The quantitative estimate of drug-likeness (QED) is 0.0972. The van der Waals surface area contributed by atoms with E-state index in [9.17, 15) is 35.7 Å². The second kappa shape index (κ2) is 19.6. The van der Waals surface area contributed by atoms with E-state index in [2.05, 4.69) is 12.2 Å². The van der Waals surface area contributed by atoms with Gasteiger partial charge in [0, 0.05) is 0 Å². The summed E-state index contributed by atoms with van der Waals surface area (Å²) in [6.07, 6.45) is 3.90. The topological polar surface area (TPSA) is 181 Å². The summed E-state index contributed by atoms with van der Waals surface area (Å²) in [5, 5.41) is 73.6. The van der Waals surface area contributed by atoms with E-state index in [1.165, 1.54) is 70.6 Å². The summed E-state index contributed by atoms with van der Waals surface area (Å²) in [7, 11) is 0. The average Bonchev–Trinajstić information content (AvgIpc) is 2.94. The number of hydrogen-bond donors (Lipinski definition) is 8. The Kier molecular flexibility index (Phi) is 17.5. The molecule has 39 heavy (non-hydrogen) atoms. The normalized spacial score (nSPS) is 35.4. The molecule has 0 radical (unpaired) electrons. The first-order valence-corrected chi connectivity index (χ1v) is 15.2. The molecule has 2 rings (SSSR count). The fourth-order valence-corrected chi connectivity index (χ4v) is 5.32. The molecule has 0 amide bonds. The molecule has 0 bridgehead atoms. The molecule has 10 atom stereocenters. The van der Waals surface area contributed by atoms with Gasteiger partial charge in [0.2, 0.25) is 0 Å². The van der Waals surface area contributed by atoms with Crippen molar-refractivity contribution in [3.8, 4) is 0 Å². The second-order valence-corrected chi connectivity index (χ2v) is 11.1. The van der Waals surface area contributed by atoms with Crippen molar-refractivity contribution in [2.45, 2.75) is 158 Å². The molecular formula is C28H55NO10. The lowest BCUT2D eigenvalue weighted by molar-refractivity contribution is -0.343. The van der Waals surface area contributed by atoms with Crippen LogP contribution in [0.1, 0.15) is 96.8 Å². The maximum Gasteiger partial charge on any atom is 0.187 e. The number of aliphatic hydroxyl groups is 7. The highest BCUT2D eigenvalue weighted by Crippen LogP contribution is 2.28. The molecule has 0 aromatic rings. The number of unbranched alkanes of at least 4 members (excludes halogenated alkanes) is 13. The Morgan fingerprint density at radius 2 is 1.08 bits per heavy atom. The zero-order valence-corrected chi connectivity index (χ0v) is 23.6. The standard InChI is InChI=1S/C28H55NO10/c1-2-3-4-5-6-7-8-9-10-11-12-13-14-15-16-29-27-24(35)23(34)26(20(18-31)37-27)39-28-25(36)22(33)21(32)19(17-30)38-28/h19-36H,2-18H2,1H3/t19-,20-,21+,22+,23-,24-,25-,26-,27?,28+/m1/s1. The minimum atomic E-state index is -1.68. The lowest BCUT2D eigenvalue weighted by Gasteiger charge is -2.46. The van der Waals surface area contributed by atoms with Gasteiger partial charge >= 0.3 is 0 Å². The SMILES string of the molecule is CCCCCCCCCCCCCCCCNC1O[C@H](CO)[C@@H](O[C@@H]2O[C@H](CO)[C@H](O)[C@H](O)[C@H]2O)[C@H](O)[C@H]1O. The molecule has 0 saturated carbocycles. The molecule has 0 aromatic heterocycles. The summed E-state index contributed by atoms with van der Waals surface area (Å²) in [6, 6.07) is 0. The van der Waals surface area contributed by atoms with Crippen molar-refractivity contribution in [3.63, 3.8) is 0 Å². The van der Waals surface area contributed by atoms with Crippen LogP contribution in [0.2, 0.25) is 0 Å². The van der Waals surface area contributed by atoms with Crippen LogP contribution in [0.15, 0.2) is 0 Å². The van der Waals surface area contributed by atoms with Gasteiger partial charge in [-0.3, -0.25) is 5.32 Å². The summed E-state index contributed by atoms with van der Waals surface area (Å²) >= 11 is 0. The van der Waals surface area contributed by atoms with Crippen LogP contribution < -0.4 is 5.32 Å². The van der Waals surface area contributed by atoms with Crippen LogP contribution in [0.4, 0.5) is 0 Å². The van der Waals surface area contributed by atoms with Gasteiger partial charge < -0.3 is 50.0 Å². The van der Waals surface area contributed by atoms with Crippen molar-refractivity contribution >= 4 is 0 Å². The zero-order valence-electron chi connectivity index (χ0n) is 23.6. The van der Waals surface area contributed by atoms with E-state index in [-0.39, 0.29) is 0 Å². The highest BCUT2D eigenvalue weighted by atomic mass is 16.7. The van der Waals surface area contributed by atoms with E-state index in [1.54, 1.807) is 0 Å². The van der Waals surface area contributed by atoms with E-state index in [1.807, 2.05) is 0 Å². The maximum atomic E-state index is 10.7. The molecule has 0 aromatic carbocycles. The molecule has 2 fully saturated rings. The molecular weight excluding hydrogens is 510 g/mol. The minimum Gasteiger partial charge on any atom is -0.394 e. The molecule has 2 aliphatic rings. The van der Waals surface area contributed by atoms with E-state index in [4.69, 9.17) is 14.2 Å². The van der Waals surface area contributed by atoms with Crippen LogP contribution >= 0.6 is 0 Å². The third-order valence-electron chi connectivity index (χ3n) is 7.88. The average molecular weight is 566 g/mol. The second-order valence-electron chi connectivity index (χ2n) is 11.1. The molecule has 8 N–H and O–H groups in total. The monoisotopic (exact) mass is 565 g/mol. The van der Waals surface area contributed by atoms with Crippen LogP contribution in [-0.2, 0) is 14.2 Å². The highest BCUT2D eigenvalue weighted by molar-refractivity contribution is 4.95. The predicted octanol–water partition coefficient (Wildman–Crippen LogP) is 0.681. The van der Waals surface area contributed by atoms with Crippen LogP contribution in [0.3, 0.4) is 0 Å². The minimum absolute atomic E-state index is 0.539. The van der Waals surface area contributed by atoms with Gasteiger partial charge in [0.05, 0.1) is 13.2 Å². The van der Waals surface area contributed by atoms with Crippen LogP contribution in [0.25, 0.3) is 0 Å². The Bertz CT molecular complexity index is 613. The van der Waals surface area contributed by atoms with Gasteiger partial charge in [-0.05, 0) is 13.0 Å². The smallest absolute Gasteiger partial charge is 0.187 e. The van der Waals surface area contributed by atoms with Crippen molar-refractivity contribution in [3.05, 3.63) is 0 Å². The van der Waals surface area contributed by atoms with Gasteiger partial charge in [0.25, 0.3) is 0 Å². The van der Waals surface area contributed by atoms with Crippen molar-refractivity contribution in [2.75, 3.05) is 19.8 Å².